The number of benzene rings is 2. The number of ether oxygens (including phenoxy) is 1. The minimum absolute atomic E-state index is 0.0976. The van der Waals surface area contributed by atoms with Gasteiger partial charge in [-0.1, -0.05) is 42.5 Å². The molecule has 0 aliphatic rings. The first-order valence-electron chi connectivity index (χ1n) is 8.75. The maximum Gasteiger partial charge on any atom is 0.261 e. The summed E-state index contributed by atoms with van der Waals surface area (Å²) in [7, 11) is 1.57. The Bertz CT molecular complexity index is 731. The highest BCUT2D eigenvalue weighted by molar-refractivity contribution is 5.87. The Hall–Kier alpha value is -2.82. The van der Waals surface area contributed by atoms with Gasteiger partial charge >= 0.3 is 0 Å². The van der Waals surface area contributed by atoms with Gasteiger partial charge in [0, 0.05) is 13.6 Å². The lowest BCUT2D eigenvalue weighted by atomic mass is 10.1. The Morgan fingerprint density at radius 3 is 2.50 bits per heavy atom. The Balaban J connectivity index is 2.03. The van der Waals surface area contributed by atoms with Crippen LogP contribution in [0.25, 0.3) is 0 Å². The summed E-state index contributed by atoms with van der Waals surface area (Å²) in [4.78, 5) is 26.3. The molecule has 0 spiro atoms. The first-order chi connectivity index (χ1) is 12.5. The summed E-state index contributed by atoms with van der Waals surface area (Å²) >= 11 is 0. The van der Waals surface area contributed by atoms with Crippen LogP contribution in [0.3, 0.4) is 0 Å². The van der Waals surface area contributed by atoms with Gasteiger partial charge in [-0.15, -0.1) is 0 Å². The molecule has 2 aromatic rings. The number of carbonyl (C=O) groups is 2. The van der Waals surface area contributed by atoms with E-state index >= 15 is 0 Å². The molecular weight excluding hydrogens is 328 g/mol. The van der Waals surface area contributed by atoms with Crippen molar-refractivity contribution in [3.8, 4) is 5.75 Å². The Morgan fingerprint density at radius 1 is 1.12 bits per heavy atom. The highest BCUT2D eigenvalue weighted by atomic mass is 16.5. The third-order valence-electron chi connectivity index (χ3n) is 4.25. The van der Waals surface area contributed by atoms with Crippen molar-refractivity contribution in [1.82, 2.24) is 10.2 Å². The monoisotopic (exact) mass is 354 g/mol. The van der Waals surface area contributed by atoms with Crippen LogP contribution < -0.4 is 10.1 Å². The summed E-state index contributed by atoms with van der Waals surface area (Å²) in [5.74, 6) is 0.245. The van der Waals surface area contributed by atoms with Crippen molar-refractivity contribution >= 4 is 11.8 Å². The minimum atomic E-state index is -0.558. The van der Waals surface area contributed by atoms with Crippen molar-refractivity contribution in [2.45, 2.75) is 26.3 Å². The first-order valence-corrected chi connectivity index (χ1v) is 8.75. The molecule has 0 aliphatic carbocycles. The van der Waals surface area contributed by atoms with Crippen LogP contribution in [0, 0.1) is 6.92 Å². The predicted molar refractivity (Wildman–Crippen MR) is 102 cm³/mol. The third-order valence-corrected chi connectivity index (χ3v) is 4.25. The molecule has 2 aromatic carbocycles. The van der Waals surface area contributed by atoms with Gasteiger partial charge in [-0.25, -0.2) is 0 Å². The van der Waals surface area contributed by atoms with Crippen LogP contribution in [0.15, 0.2) is 54.6 Å². The number of rotatable bonds is 8. The topological polar surface area (TPSA) is 58.6 Å². The molecule has 0 unspecified atom stereocenters. The van der Waals surface area contributed by atoms with E-state index in [0.29, 0.717) is 18.7 Å². The van der Waals surface area contributed by atoms with Crippen LogP contribution >= 0.6 is 0 Å². The molecule has 5 nitrogen and oxygen atoms in total. The fourth-order valence-corrected chi connectivity index (χ4v) is 2.71. The van der Waals surface area contributed by atoms with Crippen molar-refractivity contribution < 1.29 is 14.3 Å². The number of amides is 2. The van der Waals surface area contributed by atoms with Gasteiger partial charge in [-0.3, -0.25) is 9.59 Å². The average Bonchev–Trinajstić information content (AvgIpc) is 2.66. The minimum Gasteiger partial charge on any atom is -0.484 e. The number of nitrogens with zero attached hydrogens (tertiary/aromatic N) is 1. The van der Waals surface area contributed by atoms with Gasteiger partial charge < -0.3 is 15.0 Å². The Kier molecular flexibility index (Phi) is 7.21. The zero-order valence-corrected chi connectivity index (χ0v) is 15.6. The van der Waals surface area contributed by atoms with Crippen molar-refractivity contribution in [3.63, 3.8) is 0 Å². The van der Waals surface area contributed by atoms with E-state index in [0.717, 1.165) is 11.1 Å². The maximum atomic E-state index is 12.7. The van der Waals surface area contributed by atoms with Crippen LogP contribution in [-0.2, 0) is 16.0 Å². The maximum absolute atomic E-state index is 12.7. The lowest BCUT2D eigenvalue weighted by molar-refractivity contribution is -0.141. The van der Waals surface area contributed by atoms with Gasteiger partial charge in [0.1, 0.15) is 11.8 Å². The van der Waals surface area contributed by atoms with Gasteiger partial charge in [-0.05, 0) is 43.5 Å². The molecule has 2 rings (SSSR count). The second-order valence-electron chi connectivity index (χ2n) is 6.22. The van der Waals surface area contributed by atoms with E-state index in [1.54, 1.807) is 18.9 Å². The predicted octanol–water partition coefficient (Wildman–Crippen LogP) is 2.58. The number of likely N-dealkylation sites (N-methyl/N-ethyl adjacent to an activating group) is 1. The lowest BCUT2D eigenvalue weighted by Crippen LogP contribution is -2.49. The quantitative estimate of drug-likeness (QED) is 0.793. The zero-order valence-electron chi connectivity index (χ0n) is 15.6. The third kappa shape index (κ3) is 5.62. The van der Waals surface area contributed by atoms with Gasteiger partial charge in [0.15, 0.2) is 6.61 Å². The number of carbonyl (C=O) groups excluding carboxylic acids is 2. The van der Waals surface area contributed by atoms with Crippen molar-refractivity contribution in [2.75, 3.05) is 20.2 Å². The number of aryl methyl sites for hydroxylation is 1. The van der Waals surface area contributed by atoms with Crippen molar-refractivity contribution in [1.29, 1.82) is 0 Å². The van der Waals surface area contributed by atoms with E-state index in [1.165, 1.54) is 0 Å². The van der Waals surface area contributed by atoms with Crippen LogP contribution in [0.1, 0.15) is 18.1 Å². The van der Waals surface area contributed by atoms with E-state index in [1.807, 2.05) is 61.5 Å². The average molecular weight is 354 g/mol. The van der Waals surface area contributed by atoms with E-state index in [4.69, 9.17) is 4.74 Å². The summed E-state index contributed by atoms with van der Waals surface area (Å²) in [6, 6.07) is 16.9. The molecule has 0 saturated heterocycles. The molecule has 1 N–H and O–H groups in total. The van der Waals surface area contributed by atoms with Crippen LogP contribution in [0.4, 0.5) is 0 Å². The zero-order chi connectivity index (χ0) is 18.9. The number of nitrogens with one attached hydrogen (secondary N) is 1. The molecule has 1 atom stereocenters. The number of hydrogen-bond acceptors (Lipinski definition) is 3. The van der Waals surface area contributed by atoms with Crippen molar-refractivity contribution in [3.05, 3.63) is 65.7 Å². The molecule has 0 radical (unpaired) electrons. The van der Waals surface area contributed by atoms with Crippen LogP contribution in [0.2, 0.25) is 0 Å². The highest BCUT2D eigenvalue weighted by Crippen LogP contribution is 2.13. The summed E-state index contributed by atoms with van der Waals surface area (Å²) in [6.07, 6.45) is 0.679. The molecule has 0 bridgehead atoms. The normalized spacial score (nSPS) is 11.5. The molecule has 0 heterocycles. The SMILES string of the molecule is CNC(=O)[C@H](C)N(CCc1ccccc1)C(=O)COc1cccc(C)c1. The molecule has 138 valence electrons. The van der Waals surface area contributed by atoms with Gasteiger partial charge in [0.2, 0.25) is 5.91 Å². The van der Waals surface area contributed by atoms with Gasteiger partial charge in [0.05, 0.1) is 0 Å². The van der Waals surface area contributed by atoms with Crippen LogP contribution in [-0.4, -0.2) is 43.0 Å². The molecule has 0 saturated carbocycles. The fourth-order valence-electron chi connectivity index (χ4n) is 2.71. The molecule has 5 heteroatoms. The first kappa shape index (κ1) is 19.5. The second kappa shape index (κ2) is 9.61. The Labute approximate surface area is 155 Å². The molecule has 2 amide bonds. The summed E-state index contributed by atoms with van der Waals surface area (Å²) in [6.45, 7) is 4.05. The largest absolute Gasteiger partial charge is 0.484 e. The highest BCUT2D eigenvalue weighted by Gasteiger charge is 2.25. The standard InChI is InChI=1S/C21H26N2O3/c1-16-8-7-11-19(14-16)26-15-20(24)23(17(2)21(25)22-3)13-12-18-9-5-4-6-10-18/h4-11,14,17H,12-13,15H2,1-3H3,(H,22,25)/t17-/m0/s1. The molecule has 0 aromatic heterocycles. The molecule has 0 aliphatic heterocycles. The smallest absolute Gasteiger partial charge is 0.261 e. The van der Waals surface area contributed by atoms with E-state index in [9.17, 15) is 9.59 Å². The fraction of sp³-hybridized carbons (Fsp3) is 0.333. The lowest BCUT2D eigenvalue weighted by Gasteiger charge is -2.28. The van der Waals surface area contributed by atoms with Gasteiger partial charge in [0.25, 0.3) is 5.91 Å². The van der Waals surface area contributed by atoms with Gasteiger partial charge in [-0.2, -0.15) is 0 Å². The summed E-state index contributed by atoms with van der Waals surface area (Å²) in [5.41, 5.74) is 2.18. The van der Waals surface area contributed by atoms with E-state index in [2.05, 4.69) is 5.32 Å². The summed E-state index contributed by atoms with van der Waals surface area (Å²) in [5, 5.41) is 2.61. The molecule has 0 fully saturated rings. The second-order valence-corrected chi connectivity index (χ2v) is 6.22. The van der Waals surface area contributed by atoms with E-state index in [-0.39, 0.29) is 18.4 Å². The van der Waals surface area contributed by atoms with Crippen LogP contribution in [0.5, 0.6) is 5.75 Å². The van der Waals surface area contributed by atoms with E-state index < -0.39 is 6.04 Å². The molecule has 26 heavy (non-hydrogen) atoms. The van der Waals surface area contributed by atoms with Crippen molar-refractivity contribution in [2.24, 2.45) is 0 Å². The molecular formula is C21H26N2O3. The summed E-state index contributed by atoms with van der Waals surface area (Å²) < 4.78 is 5.62. The number of hydrogen-bond donors (Lipinski definition) is 1. The Morgan fingerprint density at radius 2 is 1.85 bits per heavy atom.